The second kappa shape index (κ2) is 7.48. The van der Waals surface area contributed by atoms with Crippen LogP contribution in [0.3, 0.4) is 0 Å². The van der Waals surface area contributed by atoms with Gasteiger partial charge in [-0.3, -0.25) is 9.80 Å². The number of aliphatic carboxylic acids is 1. The Hall–Kier alpha value is -1.17. The Labute approximate surface area is 76.1 Å². The monoisotopic (exact) mass is 190 g/mol. The van der Waals surface area contributed by atoms with Crippen molar-refractivity contribution in [3.63, 3.8) is 0 Å². The van der Waals surface area contributed by atoms with Crippen molar-refractivity contribution in [3.8, 4) is 0 Å². The molecule has 2 N–H and O–H groups in total. The molecule has 0 aromatic rings. The highest BCUT2D eigenvalue weighted by atomic mass is 16.4. The zero-order chi connectivity index (χ0) is 10.1. The van der Waals surface area contributed by atoms with E-state index in [1.54, 1.807) is 0 Å². The maximum Gasteiger partial charge on any atom is 0.303 e. The lowest BCUT2D eigenvalue weighted by Gasteiger charge is -2.12. The minimum atomic E-state index is -0.881. The molecule has 0 heterocycles. The number of hydrogen-bond acceptors (Lipinski definition) is 4. The summed E-state index contributed by atoms with van der Waals surface area (Å²) >= 11 is 0. The van der Waals surface area contributed by atoms with Crippen LogP contribution >= 0.6 is 0 Å². The Morgan fingerprint density at radius 3 is 2.38 bits per heavy atom. The van der Waals surface area contributed by atoms with Gasteiger partial charge in [0.25, 0.3) is 0 Å². The van der Waals surface area contributed by atoms with Gasteiger partial charge >= 0.3 is 5.97 Å². The van der Waals surface area contributed by atoms with Crippen molar-refractivity contribution in [2.45, 2.75) is 19.3 Å². The Morgan fingerprint density at radius 2 is 1.92 bits per heavy atom. The summed E-state index contributed by atoms with van der Waals surface area (Å²) in [5, 5.41) is 20.7. The molecule has 76 valence electrons. The van der Waals surface area contributed by atoms with E-state index in [0.717, 1.165) is 0 Å². The van der Waals surface area contributed by atoms with Crippen molar-refractivity contribution in [3.05, 3.63) is 4.91 Å². The average Bonchev–Trinajstić information content (AvgIpc) is 2.10. The van der Waals surface area contributed by atoms with Crippen molar-refractivity contribution in [2.75, 3.05) is 19.7 Å². The highest BCUT2D eigenvalue weighted by Gasteiger charge is 2.03. The molecule has 0 amide bonds. The minimum absolute atomic E-state index is 0.00491. The minimum Gasteiger partial charge on any atom is -0.481 e. The SMILES string of the molecule is O=NN(CCCO)CCCC(=O)O. The lowest BCUT2D eigenvalue weighted by atomic mass is 10.3. The third-order valence-corrected chi connectivity index (χ3v) is 1.50. The van der Waals surface area contributed by atoms with Crippen molar-refractivity contribution >= 4 is 5.97 Å². The number of rotatable bonds is 8. The van der Waals surface area contributed by atoms with E-state index in [1.165, 1.54) is 5.01 Å². The predicted molar refractivity (Wildman–Crippen MR) is 45.9 cm³/mol. The molecular weight excluding hydrogens is 176 g/mol. The van der Waals surface area contributed by atoms with Crippen molar-refractivity contribution < 1.29 is 15.0 Å². The molecule has 0 atom stereocenters. The summed E-state index contributed by atoms with van der Waals surface area (Å²) in [5.41, 5.74) is 0. The number of aliphatic hydroxyl groups excluding tert-OH is 1. The van der Waals surface area contributed by atoms with Gasteiger partial charge in [-0.25, -0.2) is 0 Å². The van der Waals surface area contributed by atoms with Gasteiger partial charge in [-0.1, -0.05) is 0 Å². The van der Waals surface area contributed by atoms with Crippen LogP contribution in [0.4, 0.5) is 0 Å². The number of hydrogen-bond donors (Lipinski definition) is 2. The van der Waals surface area contributed by atoms with Gasteiger partial charge in [0.15, 0.2) is 0 Å². The molecule has 0 spiro atoms. The zero-order valence-electron chi connectivity index (χ0n) is 7.35. The van der Waals surface area contributed by atoms with Crippen molar-refractivity contribution in [1.82, 2.24) is 5.01 Å². The van der Waals surface area contributed by atoms with Crippen LogP contribution < -0.4 is 0 Å². The van der Waals surface area contributed by atoms with E-state index in [9.17, 15) is 9.70 Å². The Balaban J connectivity index is 3.47. The fraction of sp³-hybridized carbons (Fsp3) is 0.857. The number of carboxylic acids is 1. The first-order valence-corrected chi connectivity index (χ1v) is 4.11. The maximum absolute atomic E-state index is 10.1. The van der Waals surface area contributed by atoms with Crippen LogP contribution in [0.1, 0.15) is 19.3 Å². The van der Waals surface area contributed by atoms with Gasteiger partial charge in [0.1, 0.15) is 0 Å². The van der Waals surface area contributed by atoms with Crippen LogP contribution in [0.2, 0.25) is 0 Å². The second-order valence-electron chi connectivity index (χ2n) is 2.61. The van der Waals surface area contributed by atoms with Crippen LogP contribution in [0.25, 0.3) is 0 Å². The summed E-state index contributed by atoms with van der Waals surface area (Å²) in [4.78, 5) is 20.2. The Morgan fingerprint density at radius 1 is 1.31 bits per heavy atom. The highest BCUT2D eigenvalue weighted by molar-refractivity contribution is 5.66. The van der Waals surface area contributed by atoms with Gasteiger partial charge in [-0.05, 0) is 12.8 Å². The standard InChI is InChI=1S/C7H14N2O4/c10-6-2-5-9(8-13)4-1-3-7(11)12/h10H,1-6H2,(H,11,12). The van der Waals surface area contributed by atoms with Crippen molar-refractivity contribution in [1.29, 1.82) is 0 Å². The third-order valence-electron chi connectivity index (χ3n) is 1.50. The van der Waals surface area contributed by atoms with Crippen LogP contribution in [-0.4, -0.2) is 40.9 Å². The normalized spacial score (nSPS) is 9.62. The molecule has 0 aliphatic rings. The summed E-state index contributed by atoms with van der Waals surface area (Å²) in [6.45, 7) is 0.709. The molecule has 0 fully saturated rings. The molecule has 0 saturated carbocycles. The van der Waals surface area contributed by atoms with Gasteiger partial charge in [0, 0.05) is 26.1 Å². The molecule has 0 aromatic carbocycles. The van der Waals surface area contributed by atoms with E-state index < -0.39 is 5.97 Å². The maximum atomic E-state index is 10.1. The van der Waals surface area contributed by atoms with Gasteiger partial charge in [-0.2, -0.15) is 0 Å². The molecule has 6 heteroatoms. The third kappa shape index (κ3) is 7.20. The lowest BCUT2D eigenvalue weighted by Crippen LogP contribution is -2.20. The van der Waals surface area contributed by atoms with Crippen LogP contribution in [0, 0.1) is 4.91 Å². The molecule has 0 bridgehead atoms. The summed E-state index contributed by atoms with van der Waals surface area (Å²) < 4.78 is 0. The molecule has 6 nitrogen and oxygen atoms in total. The molecule has 0 aliphatic heterocycles. The van der Waals surface area contributed by atoms with Crippen LogP contribution in [-0.2, 0) is 4.79 Å². The molecule has 13 heavy (non-hydrogen) atoms. The second-order valence-corrected chi connectivity index (χ2v) is 2.61. The summed E-state index contributed by atoms with van der Waals surface area (Å²) in [5.74, 6) is -0.881. The van der Waals surface area contributed by atoms with E-state index in [-0.39, 0.29) is 13.0 Å². The first kappa shape index (κ1) is 11.8. The first-order chi connectivity index (χ1) is 6.20. The number of aliphatic hydroxyl groups is 1. The number of nitroso groups, excluding NO2 is 1. The molecule has 0 unspecified atom stereocenters. The zero-order valence-corrected chi connectivity index (χ0v) is 7.35. The predicted octanol–water partition coefficient (Wildman–Crippen LogP) is 0.217. The quantitative estimate of drug-likeness (QED) is 0.422. The van der Waals surface area contributed by atoms with E-state index in [4.69, 9.17) is 10.2 Å². The number of nitrogens with zero attached hydrogens (tertiary/aromatic N) is 2. The van der Waals surface area contributed by atoms with Gasteiger partial charge in [-0.15, -0.1) is 4.91 Å². The molecule has 0 rings (SSSR count). The molecule has 0 aliphatic carbocycles. The van der Waals surface area contributed by atoms with Crippen LogP contribution in [0.5, 0.6) is 0 Å². The summed E-state index contributed by atoms with van der Waals surface area (Å²) in [6, 6.07) is 0. The summed E-state index contributed by atoms with van der Waals surface area (Å²) in [7, 11) is 0. The van der Waals surface area contributed by atoms with Crippen molar-refractivity contribution in [2.24, 2.45) is 5.29 Å². The van der Waals surface area contributed by atoms with Gasteiger partial charge in [0.05, 0.1) is 5.29 Å². The smallest absolute Gasteiger partial charge is 0.303 e. The Bertz CT molecular complexity index is 163. The van der Waals surface area contributed by atoms with Crippen LogP contribution in [0.15, 0.2) is 5.29 Å². The highest BCUT2D eigenvalue weighted by Crippen LogP contribution is 1.97. The number of carbonyl (C=O) groups is 1. The van der Waals surface area contributed by atoms with Gasteiger partial charge in [0.2, 0.25) is 0 Å². The molecule has 0 radical (unpaired) electrons. The molecule has 0 saturated heterocycles. The molecule has 0 aromatic heterocycles. The fourth-order valence-electron chi connectivity index (χ4n) is 0.859. The summed E-state index contributed by atoms with van der Waals surface area (Å²) in [6.07, 6.45) is 0.899. The van der Waals surface area contributed by atoms with Gasteiger partial charge < -0.3 is 10.2 Å². The van der Waals surface area contributed by atoms with E-state index >= 15 is 0 Å². The number of carboxylic acid groups (broad SMARTS) is 1. The molecular formula is C7H14N2O4. The topological polar surface area (TPSA) is 90.2 Å². The van der Waals surface area contributed by atoms with E-state index in [2.05, 4.69) is 5.29 Å². The lowest BCUT2D eigenvalue weighted by molar-refractivity contribution is -0.137. The Kier molecular flexibility index (Phi) is 6.80. The fourth-order valence-corrected chi connectivity index (χ4v) is 0.859. The average molecular weight is 190 g/mol. The largest absolute Gasteiger partial charge is 0.481 e. The van der Waals surface area contributed by atoms with E-state index in [0.29, 0.717) is 25.9 Å². The first-order valence-electron chi connectivity index (χ1n) is 4.11. The van der Waals surface area contributed by atoms with E-state index in [1.807, 2.05) is 0 Å².